The molecule has 206 valence electrons. The third-order valence-corrected chi connectivity index (χ3v) is 7.50. The highest BCUT2D eigenvalue weighted by atomic mass is 32.2. The van der Waals surface area contributed by atoms with E-state index in [1.165, 1.54) is 6.07 Å². The van der Waals surface area contributed by atoms with Crippen molar-refractivity contribution in [1.82, 2.24) is 0 Å². The number of nitrogens with one attached hydrogen (secondary N) is 1. The fourth-order valence-corrected chi connectivity index (χ4v) is 5.21. The quantitative estimate of drug-likeness (QED) is 0.117. The Bertz CT molecular complexity index is 1780. The maximum atomic E-state index is 12.0. The van der Waals surface area contributed by atoms with Crippen LogP contribution in [0.3, 0.4) is 0 Å². The van der Waals surface area contributed by atoms with E-state index in [2.05, 4.69) is 10.3 Å². The van der Waals surface area contributed by atoms with E-state index >= 15 is 0 Å². The normalized spacial score (nSPS) is 12.7. The van der Waals surface area contributed by atoms with Gasteiger partial charge in [-0.05, 0) is 48.7 Å². The van der Waals surface area contributed by atoms with Crippen LogP contribution in [-0.4, -0.2) is 61.6 Å². The second-order valence-electron chi connectivity index (χ2n) is 8.81. The first-order valence-corrected chi connectivity index (χ1v) is 15.1. The van der Waals surface area contributed by atoms with Gasteiger partial charge in [0, 0.05) is 47.4 Å². The fraction of sp³-hybridized carbons (Fsp3) is 0.231. The number of nitrogens with zero attached hydrogens (tertiary/aromatic N) is 1. The zero-order valence-corrected chi connectivity index (χ0v) is 22.2. The Labute approximate surface area is 224 Å². The summed E-state index contributed by atoms with van der Waals surface area (Å²) in [5.41, 5.74) is 2.94. The number of carbonyl (C=O) groups is 1. The van der Waals surface area contributed by atoms with E-state index in [4.69, 9.17) is 13.5 Å². The van der Waals surface area contributed by atoms with E-state index in [0.717, 1.165) is 0 Å². The van der Waals surface area contributed by atoms with Crippen molar-refractivity contribution in [1.29, 1.82) is 0 Å². The summed E-state index contributed by atoms with van der Waals surface area (Å²) >= 11 is 0. The van der Waals surface area contributed by atoms with E-state index in [1.54, 1.807) is 54.6 Å². The Kier molecular flexibility index (Phi) is 8.35. The summed E-state index contributed by atoms with van der Waals surface area (Å²) in [5.74, 6) is -1.46. The average molecular weight is 575 g/mol. The fourth-order valence-electron chi connectivity index (χ4n) is 4.21. The Morgan fingerprint density at radius 3 is 2.31 bits per heavy atom. The number of carboxylic acids is 1. The first-order valence-electron chi connectivity index (χ1n) is 11.9. The number of hydrogen-bond donors (Lipinski definition) is 4. The molecule has 2 aliphatic rings. The molecule has 0 unspecified atom stereocenters. The zero-order valence-electron chi connectivity index (χ0n) is 20.6. The maximum Gasteiger partial charge on any atom is 0.336 e. The summed E-state index contributed by atoms with van der Waals surface area (Å²) in [4.78, 5) is 16.4. The van der Waals surface area contributed by atoms with Crippen LogP contribution in [0.5, 0.6) is 0 Å². The van der Waals surface area contributed by atoms with Crippen LogP contribution in [0.2, 0.25) is 0 Å². The Morgan fingerprint density at radius 1 is 0.872 bits per heavy atom. The molecule has 0 amide bonds. The molecular formula is C26H26N2O9S2. The number of benzene rings is 3. The van der Waals surface area contributed by atoms with Crippen molar-refractivity contribution in [2.24, 2.45) is 4.99 Å². The second-order valence-corrected chi connectivity index (χ2v) is 12.0. The first-order chi connectivity index (χ1) is 18.4. The highest BCUT2D eigenvalue weighted by molar-refractivity contribution is 7.86. The number of carboxylic acid groups (broad SMARTS) is 1. The number of rotatable bonds is 11. The second kappa shape index (κ2) is 11.5. The largest absolute Gasteiger partial charge is 0.478 e. The van der Waals surface area contributed by atoms with Crippen LogP contribution in [-0.2, 0) is 20.2 Å². The summed E-state index contributed by atoms with van der Waals surface area (Å²) < 4.78 is 67.9. The van der Waals surface area contributed by atoms with Gasteiger partial charge >= 0.3 is 5.97 Å². The topological polar surface area (TPSA) is 184 Å². The van der Waals surface area contributed by atoms with Gasteiger partial charge in [0.05, 0.1) is 22.4 Å². The van der Waals surface area contributed by atoms with Gasteiger partial charge in [0.1, 0.15) is 11.3 Å². The molecule has 4 rings (SSSR count). The van der Waals surface area contributed by atoms with Gasteiger partial charge in [-0.15, -0.1) is 0 Å². The molecular weight excluding hydrogens is 548 g/mol. The van der Waals surface area contributed by atoms with Crippen molar-refractivity contribution in [2.75, 3.05) is 29.9 Å². The van der Waals surface area contributed by atoms with Crippen molar-refractivity contribution in [3.63, 3.8) is 0 Å². The third kappa shape index (κ3) is 7.41. The monoisotopic (exact) mass is 574 g/mol. The maximum absolute atomic E-state index is 12.0. The van der Waals surface area contributed by atoms with Gasteiger partial charge in [-0.2, -0.15) is 16.8 Å². The van der Waals surface area contributed by atoms with Gasteiger partial charge < -0.3 is 14.8 Å². The summed E-state index contributed by atoms with van der Waals surface area (Å²) in [6.45, 7) is 0.436. The number of hydrogen-bond acceptors (Lipinski definition) is 8. The summed E-state index contributed by atoms with van der Waals surface area (Å²) in [5, 5.41) is 14.1. The zero-order chi connectivity index (χ0) is 28.2. The molecule has 1 aliphatic heterocycles. The van der Waals surface area contributed by atoms with E-state index in [-0.39, 0.29) is 37.2 Å². The highest BCUT2D eigenvalue weighted by Gasteiger charge is 2.21. The number of aromatic carboxylic acids is 1. The molecule has 0 spiro atoms. The third-order valence-electron chi connectivity index (χ3n) is 5.90. The molecule has 0 saturated heterocycles. The molecule has 0 atom stereocenters. The molecule has 2 aromatic rings. The predicted octanol–water partition coefficient (Wildman–Crippen LogP) is 3.77. The molecule has 0 radical (unpaired) electrons. The molecule has 4 N–H and O–H groups in total. The van der Waals surface area contributed by atoms with Crippen LogP contribution < -0.4 is 10.7 Å². The van der Waals surface area contributed by atoms with E-state index in [1.807, 2.05) is 0 Å². The summed E-state index contributed by atoms with van der Waals surface area (Å²) in [6, 6.07) is 17.0. The van der Waals surface area contributed by atoms with Crippen molar-refractivity contribution in [3.05, 3.63) is 71.6 Å². The van der Waals surface area contributed by atoms with Crippen molar-refractivity contribution in [2.45, 2.75) is 12.8 Å². The average Bonchev–Trinajstić information content (AvgIpc) is 2.86. The predicted molar refractivity (Wildman–Crippen MR) is 146 cm³/mol. The molecule has 2 aromatic carbocycles. The molecule has 1 aliphatic carbocycles. The van der Waals surface area contributed by atoms with Gasteiger partial charge in [0.25, 0.3) is 20.2 Å². The van der Waals surface area contributed by atoms with Gasteiger partial charge in [-0.25, -0.2) is 4.79 Å². The van der Waals surface area contributed by atoms with Crippen LogP contribution in [0.25, 0.3) is 33.4 Å². The Hall–Kier alpha value is -3.78. The first kappa shape index (κ1) is 28.2. The Balaban J connectivity index is 1.81. The van der Waals surface area contributed by atoms with Crippen LogP contribution >= 0.6 is 0 Å². The standard InChI is InChI=1S/C26H26N2O9S2/c29-26(30)20-6-2-1-5-19(20)25-21-9-7-17(27-11-3-13-38(31,32)33)15-23(21)37-24-16-18(8-10-22(24)25)28-12-4-14-39(34,35)36/h1-2,5-10,15-16,27H,3-4,11-14H2,(H,29,30)(H,31,32,33)(H,34,35,36). The van der Waals surface area contributed by atoms with Gasteiger partial charge in [0.2, 0.25) is 0 Å². The molecule has 11 nitrogen and oxygen atoms in total. The molecule has 0 aromatic heterocycles. The minimum absolute atomic E-state index is 0.109. The SMILES string of the molecule is O=C(O)c1ccccc1-c1c2ccc(=NCCCS(=O)(=O)O)cc-2oc2cc(NCCCS(=O)(=O)O)ccc12. The van der Waals surface area contributed by atoms with Crippen molar-refractivity contribution < 1.29 is 40.3 Å². The lowest BCUT2D eigenvalue weighted by atomic mass is 9.90. The van der Waals surface area contributed by atoms with E-state index in [9.17, 15) is 26.7 Å². The molecule has 1 heterocycles. The smallest absolute Gasteiger partial charge is 0.336 e. The lowest BCUT2D eigenvalue weighted by Crippen LogP contribution is -2.10. The lowest BCUT2D eigenvalue weighted by molar-refractivity contribution is 0.0697. The van der Waals surface area contributed by atoms with Crippen LogP contribution in [0.15, 0.2) is 70.1 Å². The molecule has 0 fully saturated rings. The highest BCUT2D eigenvalue weighted by Crippen LogP contribution is 2.41. The molecule has 13 heteroatoms. The van der Waals surface area contributed by atoms with E-state index < -0.39 is 32.0 Å². The number of fused-ring (bicyclic) bond motifs is 2. The minimum atomic E-state index is -4.08. The van der Waals surface area contributed by atoms with Crippen molar-refractivity contribution >= 4 is 42.9 Å². The summed E-state index contributed by atoms with van der Waals surface area (Å²) in [7, 11) is -8.14. The lowest BCUT2D eigenvalue weighted by Gasteiger charge is -2.17. The van der Waals surface area contributed by atoms with Crippen LogP contribution in [0.1, 0.15) is 23.2 Å². The van der Waals surface area contributed by atoms with Crippen molar-refractivity contribution in [3.8, 4) is 22.5 Å². The summed E-state index contributed by atoms with van der Waals surface area (Å²) in [6.07, 6.45) is 0.320. The minimum Gasteiger partial charge on any atom is -0.478 e. The van der Waals surface area contributed by atoms with Gasteiger partial charge in [-0.1, -0.05) is 18.2 Å². The van der Waals surface area contributed by atoms with Crippen LogP contribution in [0, 0.1) is 0 Å². The van der Waals surface area contributed by atoms with E-state index in [0.29, 0.717) is 44.5 Å². The van der Waals surface area contributed by atoms with Crippen LogP contribution in [0.4, 0.5) is 5.69 Å². The van der Waals surface area contributed by atoms with Gasteiger partial charge in [-0.3, -0.25) is 14.1 Å². The molecule has 0 bridgehead atoms. The molecule has 39 heavy (non-hydrogen) atoms. The van der Waals surface area contributed by atoms with Gasteiger partial charge in [0.15, 0.2) is 0 Å². The molecule has 0 saturated carbocycles. The number of anilines is 1. The Morgan fingerprint density at radius 2 is 1.59 bits per heavy atom.